The van der Waals surface area contributed by atoms with E-state index >= 15 is 0 Å². The van der Waals surface area contributed by atoms with Crippen molar-refractivity contribution in [3.8, 4) is 11.4 Å². The van der Waals surface area contributed by atoms with Crippen LogP contribution in [0.3, 0.4) is 0 Å². The molecule has 0 bridgehead atoms. The molecule has 9 heteroatoms. The summed E-state index contributed by atoms with van der Waals surface area (Å²) in [6.07, 6.45) is 1.80. The summed E-state index contributed by atoms with van der Waals surface area (Å²) in [7, 11) is 1.31. The molecule has 0 unspecified atom stereocenters. The van der Waals surface area contributed by atoms with Gasteiger partial charge < -0.3 is 9.72 Å². The SMILES string of the molecule is C=CCn1c(SCc2nc3cc(C(=O)OC)ccc3c(=O)[nH]2)nnc1-c1ccc(C(C)(C)C)cc1. The van der Waals surface area contributed by atoms with Crippen LogP contribution in [0.15, 0.2) is 65.1 Å². The smallest absolute Gasteiger partial charge is 0.337 e. The minimum Gasteiger partial charge on any atom is -0.465 e. The van der Waals surface area contributed by atoms with Crippen molar-refractivity contribution in [1.82, 2.24) is 24.7 Å². The summed E-state index contributed by atoms with van der Waals surface area (Å²) in [6.45, 7) is 10.9. The molecule has 180 valence electrons. The van der Waals surface area contributed by atoms with Crippen LogP contribution in [0.4, 0.5) is 0 Å². The minimum absolute atomic E-state index is 0.0652. The molecule has 1 N–H and O–H groups in total. The Balaban J connectivity index is 1.61. The van der Waals surface area contributed by atoms with E-state index < -0.39 is 5.97 Å². The van der Waals surface area contributed by atoms with E-state index in [4.69, 9.17) is 4.74 Å². The number of hydrogen-bond donors (Lipinski definition) is 1. The van der Waals surface area contributed by atoms with Crippen molar-refractivity contribution in [2.24, 2.45) is 0 Å². The second-order valence-corrected chi connectivity index (χ2v) is 10.0. The van der Waals surface area contributed by atoms with Gasteiger partial charge in [-0.05, 0) is 29.2 Å². The minimum atomic E-state index is -0.481. The number of hydrogen-bond acceptors (Lipinski definition) is 7. The number of carbonyl (C=O) groups excluding carboxylic acids is 1. The fraction of sp³-hybridized carbons (Fsp3) is 0.269. The van der Waals surface area contributed by atoms with E-state index in [0.717, 1.165) is 11.4 Å². The average Bonchev–Trinajstić information content (AvgIpc) is 3.24. The second-order valence-electron chi connectivity index (χ2n) is 9.06. The van der Waals surface area contributed by atoms with Crippen LogP contribution in [-0.4, -0.2) is 37.8 Å². The largest absolute Gasteiger partial charge is 0.465 e. The van der Waals surface area contributed by atoms with Crippen LogP contribution in [0.2, 0.25) is 0 Å². The third-order valence-corrected chi connectivity index (χ3v) is 6.53. The number of rotatable bonds is 7. The van der Waals surface area contributed by atoms with Crippen LogP contribution in [0.25, 0.3) is 22.3 Å². The Morgan fingerprint density at radius 3 is 2.57 bits per heavy atom. The van der Waals surface area contributed by atoms with Gasteiger partial charge in [0.05, 0.1) is 29.3 Å². The Labute approximate surface area is 207 Å². The van der Waals surface area contributed by atoms with E-state index in [2.05, 4.69) is 71.8 Å². The molecule has 2 heterocycles. The van der Waals surface area contributed by atoms with E-state index in [1.165, 1.54) is 24.4 Å². The number of H-pyrrole nitrogens is 1. The standard InChI is InChI=1S/C26H27N5O3S/c1-6-13-31-22(16-7-10-18(11-8-16)26(2,3)4)29-30-25(31)35-15-21-27-20-14-17(24(33)34-5)9-12-19(20)23(32)28-21/h6-12,14H,1,13,15H2,2-5H3,(H,27,28,32). The summed E-state index contributed by atoms with van der Waals surface area (Å²) in [5.41, 5.74) is 2.77. The molecular weight excluding hydrogens is 462 g/mol. The molecular formula is C26H27N5O3S. The van der Waals surface area contributed by atoms with Crippen LogP contribution in [-0.2, 0) is 22.4 Å². The number of fused-ring (bicyclic) bond motifs is 1. The van der Waals surface area contributed by atoms with Crippen LogP contribution >= 0.6 is 11.8 Å². The zero-order valence-corrected chi connectivity index (χ0v) is 21.0. The van der Waals surface area contributed by atoms with Gasteiger partial charge in [0.2, 0.25) is 0 Å². The number of aromatic nitrogens is 5. The van der Waals surface area contributed by atoms with Gasteiger partial charge in [0, 0.05) is 12.1 Å². The van der Waals surface area contributed by atoms with Crippen molar-refractivity contribution in [2.75, 3.05) is 7.11 Å². The zero-order valence-electron chi connectivity index (χ0n) is 20.2. The number of methoxy groups -OCH3 is 1. The van der Waals surface area contributed by atoms with Crippen molar-refractivity contribution >= 4 is 28.6 Å². The highest BCUT2D eigenvalue weighted by Crippen LogP contribution is 2.28. The third kappa shape index (κ3) is 5.19. The Bertz CT molecular complexity index is 1450. The Morgan fingerprint density at radius 2 is 1.91 bits per heavy atom. The van der Waals surface area contributed by atoms with E-state index in [1.807, 2.05) is 4.57 Å². The first-order valence-corrected chi connectivity index (χ1v) is 12.1. The summed E-state index contributed by atoms with van der Waals surface area (Å²) in [4.78, 5) is 31.8. The lowest BCUT2D eigenvalue weighted by Gasteiger charge is -2.19. The number of nitrogens with zero attached hydrogens (tertiary/aromatic N) is 4. The molecule has 0 aliphatic rings. The monoisotopic (exact) mass is 489 g/mol. The van der Waals surface area contributed by atoms with Gasteiger partial charge in [0.25, 0.3) is 5.56 Å². The van der Waals surface area contributed by atoms with Crippen molar-refractivity contribution in [2.45, 2.75) is 43.6 Å². The molecule has 2 aromatic heterocycles. The van der Waals surface area contributed by atoms with Gasteiger partial charge in [0.15, 0.2) is 11.0 Å². The molecule has 0 amide bonds. The quantitative estimate of drug-likeness (QED) is 0.227. The first kappa shape index (κ1) is 24.4. The van der Waals surface area contributed by atoms with Crippen molar-refractivity contribution in [1.29, 1.82) is 0 Å². The van der Waals surface area contributed by atoms with Crippen LogP contribution in [0.1, 0.15) is 42.5 Å². The van der Waals surface area contributed by atoms with Crippen molar-refractivity contribution < 1.29 is 9.53 Å². The highest BCUT2D eigenvalue weighted by atomic mass is 32.2. The van der Waals surface area contributed by atoms with Gasteiger partial charge in [0.1, 0.15) is 5.82 Å². The van der Waals surface area contributed by atoms with Crippen LogP contribution < -0.4 is 5.56 Å². The molecule has 0 saturated carbocycles. The first-order valence-electron chi connectivity index (χ1n) is 11.1. The molecule has 0 fully saturated rings. The molecule has 4 rings (SSSR count). The summed E-state index contributed by atoms with van der Waals surface area (Å²) < 4.78 is 6.75. The van der Waals surface area contributed by atoms with Crippen molar-refractivity contribution in [3.63, 3.8) is 0 Å². The average molecular weight is 490 g/mol. The van der Waals surface area contributed by atoms with Gasteiger partial charge in [-0.25, -0.2) is 9.78 Å². The molecule has 0 aliphatic heterocycles. The van der Waals surface area contributed by atoms with Gasteiger partial charge in [-0.3, -0.25) is 9.36 Å². The summed E-state index contributed by atoms with van der Waals surface area (Å²) in [5.74, 6) is 1.10. The maximum absolute atomic E-state index is 12.6. The predicted octanol–water partition coefficient (Wildman–Crippen LogP) is 4.74. The molecule has 0 atom stereocenters. The van der Waals surface area contributed by atoms with E-state index in [1.54, 1.807) is 24.3 Å². The van der Waals surface area contributed by atoms with Gasteiger partial charge in [-0.2, -0.15) is 0 Å². The fourth-order valence-electron chi connectivity index (χ4n) is 3.66. The maximum atomic E-state index is 12.6. The zero-order chi connectivity index (χ0) is 25.2. The van der Waals surface area contributed by atoms with Crippen LogP contribution in [0.5, 0.6) is 0 Å². The topological polar surface area (TPSA) is 103 Å². The van der Waals surface area contributed by atoms with Gasteiger partial charge in [-0.1, -0.05) is 62.9 Å². The Hall–Kier alpha value is -3.72. The lowest BCUT2D eigenvalue weighted by Crippen LogP contribution is -2.12. The molecule has 8 nitrogen and oxygen atoms in total. The summed E-state index contributed by atoms with van der Waals surface area (Å²) >= 11 is 1.41. The number of benzene rings is 2. The number of allylic oxidation sites excluding steroid dienone is 1. The van der Waals surface area contributed by atoms with E-state index in [-0.39, 0.29) is 11.0 Å². The molecule has 0 aliphatic carbocycles. The van der Waals surface area contributed by atoms with Crippen molar-refractivity contribution in [3.05, 3.63) is 82.4 Å². The highest BCUT2D eigenvalue weighted by molar-refractivity contribution is 7.98. The molecule has 0 spiro atoms. The first-order chi connectivity index (χ1) is 16.7. The number of thioether (sulfide) groups is 1. The van der Waals surface area contributed by atoms with E-state index in [9.17, 15) is 9.59 Å². The van der Waals surface area contributed by atoms with Gasteiger partial charge in [-0.15, -0.1) is 16.8 Å². The number of esters is 1. The number of carbonyl (C=O) groups is 1. The Kier molecular flexibility index (Phi) is 6.88. The molecule has 4 aromatic rings. The molecule has 0 radical (unpaired) electrons. The number of aromatic amines is 1. The molecule has 0 saturated heterocycles. The third-order valence-electron chi connectivity index (χ3n) is 5.55. The molecule has 2 aromatic carbocycles. The highest BCUT2D eigenvalue weighted by Gasteiger charge is 2.17. The Morgan fingerprint density at radius 1 is 1.17 bits per heavy atom. The predicted molar refractivity (Wildman–Crippen MR) is 138 cm³/mol. The lowest BCUT2D eigenvalue weighted by molar-refractivity contribution is 0.0601. The second kappa shape index (κ2) is 9.87. The summed E-state index contributed by atoms with van der Waals surface area (Å²) in [5, 5.41) is 9.89. The number of ether oxygens (including phenoxy) is 1. The maximum Gasteiger partial charge on any atom is 0.337 e. The molecule has 35 heavy (non-hydrogen) atoms. The normalized spacial score (nSPS) is 11.5. The van der Waals surface area contributed by atoms with E-state index in [0.29, 0.717) is 39.7 Å². The van der Waals surface area contributed by atoms with Crippen LogP contribution in [0, 0.1) is 0 Å². The van der Waals surface area contributed by atoms with Gasteiger partial charge >= 0.3 is 5.97 Å². The summed E-state index contributed by atoms with van der Waals surface area (Å²) in [6, 6.07) is 13.0. The number of nitrogens with one attached hydrogen (secondary N) is 1. The lowest BCUT2D eigenvalue weighted by atomic mass is 9.87. The fourth-order valence-corrected chi connectivity index (χ4v) is 4.47.